The second-order valence-corrected chi connectivity index (χ2v) is 6.76. The maximum Gasteiger partial charge on any atom is 0.416 e. The van der Waals surface area contributed by atoms with Crippen molar-refractivity contribution in [2.45, 2.75) is 12.8 Å². The van der Waals surface area contributed by atoms with Crippen molar-refractivity contribution >= 4 is 11.6 Å². The normalized spacial score (nSPS) is 14.8. The molecule has 29 heavy (non-hydrogen) atoms. The van der Waals surface area contributed by atoms with Gasteiger partial charge < -0.3 is 19.3 Å². The van der Waals surface area contributed by atoms with Gasteiger partial charge in [0.15, 0.2) is 0 Å². The van der Waals surface area contributed by atoms with Gasteiger partial charge in [0.2, 0.25) is 5.91 Å². The van der Waals surface area contributed by atoms with Gasteiger partial charge in [-0.15, -0.1) is 0 Å². The Kier molecular flexibility index (Phi) is 6.64. The Labute approximate surface area is 167 Å². The average Bonchev–Trinajstić information content (AvgIpc) is 2.73. The molecule has 3 rings (SSSR count). The standard InChI is InChI=1S/C21H23F3N2O3/c1-28-19-7-2-4-16(12-19)14-29-15-20(27)26-10-8-25(9-11-26)18-6-3-5-17(13-18)21(22,23)24/h2-7,12-13H,8-11,14-15H2,1H3. The van der Waals surface area contributed by atoms with E-state index in [-0.39, 0.29) is 12.5 Å². The molecule has 1 aliphatic heterocycles. The van der Waals surface area contributed by atoms with Gasteiger partial charge >= 0.3 is 6.18 Å². The van der Waals surface area contributed by atoms with Crippen LogP contribution in [0.3, 0.4) is 0 Å². The number of rotatable bonds is 6. The molecular formula is C21H23F3N2O3. The number of hydrogen-bond acceptors (Lipinski definition) is 4. The van der Waals surface area contributed by atoms with Gasteiger partial charge in [0.05, 0.1) is 19.3 Å². The Morgan fingerprint density at radius 2 is 1.76 bits per heavy atom. The second-order valence-electron chi connectivity index (χ2n) is 6.76. The number of hydrogen-bond donors (Lipinski definition) is 0. The van der Waals surface area contributed by atoms with E-state index in [1.54, 1.807) is 18.1 Å². The monoisotopic (exact) mass is 408 g/mol. The fraction of sp³-hybridized carbons (Fsp3) is 0.381. The van der Waals surface area contributed by atoms with Crippen molar-refractivity contribution in [2.24, 2.45) is 0 Å². The first-order chi connectivity index (χ1) is 13.9. The predicted octanol–water partition coefficient (Wildman–Crippen LogP) is 3.58. The molecule has 1 amide bonds. The van der Waals surface area contributed by atoms with E-state index in [2.05, 4.69) is 0 Å². The molecule has 0 N–H and O–H groups in total. The van der Waals surface area contributed by atoms with E-state index in [0.29, 0.717) is 38.5 Å². The summed E-state index contributed by atoms with van der Waals surface area (Å²) >= 11 is 0. The first kappa shape index (κ1) is 21.0. The third kappa shape index (κ3) is 5.63. The van der Waals surface area contributed by atoms with Crippen LogP contribution in [-0.2, 0) is 22.3 Å². The Bertz CT molecular complexity index is 834. The van der Waals surface area contributed by atoms with Crippen LogP contribution in [0.2, 0.25) is 0 Å². The van der Waals surface area contributed by atoms with E-state index < -0.39 is 11.7 Å². The predicted molar refractivity (Wildman–Crippen MR) is 103 cm³/mol. The maximum absolute atomic E-state index is 12.9. The van der Waals surface area contributed by atoms with Crippen LogP contribution >= 0.6 is 0 Å². The lowest BCUT2D eigenvalue weighted by Crippen LogP contribution is -2.49. The number of carbonyl (C=O) groups is 1. The van der Waals surface area contributed by atoms with Crippen LogP contribution in [0.1, 0.15) is 11.1 Å². The smallest absolute Gasteiger partial charge is 0.416 e. The summed E-state index contributed by atoms with van der Waals surface area (Å²) in [6.07, 6.45) is -4.37. The molecular weight excluding hydrogens is 385 g/mol. The Hall–Kier alpha value is -2.74. The molecule has 1 fully saturated rings. The van der Waals surface area contributed by atoms with E-state index in [1.165, 1.54) is 6.07 Å². The molecule has 1 saturated heterocycles. The van der Waals surface area contributed by atoms with Gasteiger partial charge in [-0.2, -0.15) is 13.2 Å². The molecule has 2 aromatic carbocycles. The number of alkyl halides is 3. The molecule has 5 nitrogen and oxygen atoms in total. The fourth-order valence-corrected chi connectivity index (χ4v) is 3.20. The van der Waals surface area contributed by atoms with Crippen LogP contribution in [0.25, 0.3) is 0 Å². The number of anilines is 1. The highest BCUT2D eigenvalue weighted by Crippen LogP contribution is 2.31. The number of methoxy groups -OCH3 is 1. The molecule has 0 unspecified atom stereocenters. The minimum Gasteiger partial charge on any atom is -0.497 e. The van der Waals surface area contributed by atoms with Crippen molar-refractivity contribution in [3.05, 3.63) is 59.7 Å². The summed E-state index contributed by atoms with van der Waals surface area (Å²) in [5.74, 6) is 0.597. The molecule has 0 saturated carbocycles. The van der Waals surface area contributed by atoms with E-state index >= 15 is 0 Å². The summed E-state index contributed by atoms with van der Waals surface area (Å²) in [4.78, 5) is 15.9. The summed E-state index contributed by atoms with van der Waals surface area (Å²) < 4.78 is 49.3. The third-order valence-electron chi connectivity index (χ3n) is 4.80. The highest BCUT2D eigenvalue weighted by molar-refractivity contribution is 5.77. The molecule has 0 atom stereocenters. The van der Waals surface area contributed by atoms with Gasteiger partial charge in [-0.25, -0.2) is 0 Å². The lowest BCUT2D eigenvalue weighted by atomic mass is 10.1. The molecule has 156 valence electrons. The topological polar surface area (TPSA) is 42.0 Å². The first-order valence-electron chi connectivity index (χ1n) is 9.27. The van der Waals surface area contributed by atoms with Gasteiger partial charge in [-0.1, -0.05) is 18.2 Å². The third-order valence-corrected chi connectivity index (χ3v) is 4.80. The average molecular weight is 408 g/mol. The number of benzene rings is 2. The highest BCUT2D eigenvalue weighted by Gasteiger charge is 2.31. The van der Waals surface area contributed by atoms with Crippen molar-refractivity contribution < 1.29 is 27.4 Å². The molecule has 1 aliphatic rings. The SMILES string of the molecule is COc1cccc(COCC(=O)N2CCN(c3cccc(C(F)(F)F)c3)CC2)c1. The van der Waals surface area contributed by atoms with Crippen molar-refractivity contribution in [2.75, 3.05) is 44.8 Å². The van der Waals surface area contributed by atoms with Crippen molar-refractivity contribution in [1.29, 1.82) is 0 Å². The number of piperazine rings is 1. The molecule has 0 aromatic heterocycles. The number of ether oxygens (including phenoxy) is 2. The Balaban J connectivity index is 1.47. The molecule has 0 radical (unpaired) electrons. The van der Waals surface area contributed by atoms with Gasteiger partial charge in [-0.05, 0) is 35.9 Å². The van der Waals surface area contributed by atoms with E-state index in [0.717, 1.165) is 23.4 Å². The van der Waals surface area contributed by atoms with Crippen LogP contribution < -0.4 is 9.64 Å². The highest BCUT2D eigenvalue weighted by atomic mass is 19.4. The molecule has 1 heterocycles. The number of halogens is 3. The van der Waals surface area contributed by atoms with Crippen LogP contribution in [0.4, 0.5) is 18.9 Å². The van der Waals surface area contributed by atoms with E-state index in [4.69, 9.17) is 9.47 Å². The Morgan fingerprint density at radius 3 is 2.45 bits per heavy atom. The lowest BCUT2D eigenvalue weighted by Gasteiger charge is -2.36. The van der Waals surface area contributed by atoms with Crippen molar-refractivity contribution in [3.63, 3.8) is 0 Å². The van der Waals surface area contributed by atoms with Gasteiger partial charge in [0.25, 0.3) is 0 Å². The summed E-state index contributed by atoms with van der Waals surface area (Å²) in [5, 5.41) is 0. The van der Waals surface area contributed by atoms with Crippen molar-refractivity contribution in [1.82, 2.24) is 4.90 Å². The van der Waals surface area contributed by atoms with E-state index in [9.17, 15) is 18.0 Å². The molecule has 8 heteroatoms. The minimum absolute atomic E-state index is 0.0409. The zero-order valence-electron chi connectivity index (χ0n) is 16.1. The summed E-state index contributed by atoms with van der Waals surface area (Å²) in [6, 6.07) is 12.7. The summed E-state index contributed by atoms with van der Waals surface area (Å²) in [6.45, 7) is 2.09. The molecule has 2 aromatic rings. The first-order valence-corrected chi connectivity index (χ1v) is 9.27. The van der Waals surface area contributed by atoms with Crippen molar-refractivity contribution in [3.8, 4) is 5.75 Å². The second kappa shape index (κ2) is 9.17. The van der Waals surface area contributed by atoms with Crippen LogP contribution in [-0.4, -0.2) is 50.7 Å². The zero-order valence-corrected chi connectivity index (χ0v) is 16.1. The lowest BCUT2D eigenvalue weighted by molar-refractivity contribution is -0.137. The minimum atomic E-state index is -4.37. The maximum atomic E-state index is 12.9. The largest absolute Gasteiger partial charge is 0.497 e. The zero-order chi connectivity index (χ0) is 20.9. The van der Waals surface area contributed by atoms with Crippen LogP contribution in [0.15, 0.2) is 48.5 Å². The molecule has 0 spiro atoms. The van der Waals surface area contributed by atoms with E-state index in [1.807, 2.05) is 29.2 Å². The van der Waals surface area contributed by atoms with Gasteiger partial charge in [0, 0.05) is 31.9 Å². The summed E-state index contributed by atoms with van der Waals surface area (Å²) in [7, 11) is 1.59. The number of carbonyl (C=O) groups excluding carboxylic acids is 1. The number of nitrogens with zero attached hydrogens (tertiary/aromatic N) is 2. The van der Waals surface area contributed by atoms with Crippen LogP contribution in [0.5, 0.6) is 5.75 Å². The quantitative estimate of drug-likeness (QED) is 0.733. The number of amides is 1. The summed E-state index contributed by atoms with van der Waals surface area (Å²) in [5.41, 5.74) is 0.757. The van der Waals surface area contributed by atoms with Gasteiger partial charge in [-0.3, -0.25) is 4.79 Å². The molecule has 0 bridgehead atoms. The Morgan fingerprint density at radius 1 is 1.03 bits per heavy atom. The van der Waals surface area contributed by atoms with Crippen LogP contribution in [0, 0.1) is 0 Å². The molecule has 0 aliphatic carbocycles. The fourth-order valence-electron chi connectivity index (χ4n) is 3.20. The van der Waals surface area contributed by atoms with Gasteiger partial charge in [0.1, 0.15) is 12.4 Å².